The number of hydrogen-bond donors (Lipinski definition) is 0. The number of likely N-dealkylation sites (tertiary alicyclic amines) is 1. The Kier molecular flexibility index (Phi) is 7.06. The third-order valence-corrected chi connectivity index (χ3v) is 4.38. The van der Waals surface area contributed by atoms with Crippen molar-refractivity contribution in [2.45, 2.75) is 20.3 Å². The van der Waals surface area contributed by atoms with E-state index in [0.29, 0.717) is 23.3 Å². The Hall–Kier alpha value is -2.50. The Balaban J connectivity index is 1.86. The van der Waals surface area contributed by atoms with Crippen LogP contribution in [0.5, 0.6) is 11.5 Å². The molecule has 1 aliphatic rings. The van der Waals surface area contributed by atoms with Gasteiger partial charge in [0, 0.05) is 19.2 Å². The lowest BCUT2D eigenvalue weighted by molar-refractivity contribution is -0.149. The number of benzene rings is 1. The fourth-order valence-corrected chi connectivity index (χ4v) is 3.26. The van der Waals surface area contributed by atoms with Crippen LogP contribution in [0, 0.1) is 11.8 Å². The summed E-state index contributed by atoms with van der Waals surface area (Å²) in [6.45, 7) is 5.49. The highest BCUT2D eigenvalue weighted by Crippen LogP contribution is 2.28. The Morgan fingerprint density at radius 2 is 1.77 bits per heavy atom. The minimum atomic E-state index is -0.550. The van der Waals surface area contributed by atoms with E-state index < -0.39 is 5.97 Å². The lowest BCUT2D eigenvalue weighted by atomic mass is 9.92. The average Bonchev–Trinajstić information content (AvgIpc) is 2.63. The Morgan fingerprint density at radius 3 is 2.38 bits per heavy atom. The number of piperidine rings is 1. The average molecular weight is 361 g/mol. The molecule has 1 saturated heterocycles. The molecule has 0 spiro atoms. The third-order valence-electron chi connectivity index (χ3n) is 4.38. The summed E-state index contributed by atoms with van der Waals surface area (Å²) in [5, 5.41) is 0. The second-order valence-corrected chi connectivity index (χ2v) is 6.80. The van der Waals surface area contributed by atoms with Crippen LogP contribution in [0.3, 0.4) is 0 Å². The minimum absolute atomic E-state index is 0.142. The highest BCUT2D eigenvalue weighted by molar-refractivity contribution is 5.89. The van der Waals surface area contributed by atoms with Crippen molar-refractivity contribution >= 4 is 18.0 Å². The van der Waals surface area contributed by atoms with E-state index in [1.807, 2.05) is 0 Å². The van der Waals surface area contributed by atoms with Crippen molar-refractivity contribution in [3.8, 4) is 11.5 Å². The van der Waals surface area contributed by atoms with Gasteiger partial charge < -0.3 is 19.1 Å². The molecule has 2 rings (SSSR count). The Labute approximate surface area is 154 Å². The maximum absolute atomic E-state index is 12.2. The van der Waals surface area contributed by atoms with Crippen molar-refractivity contribution in [3.05, 3.63) is 29.8 Å². The number of carbonyl (C=O) groups is 2. The summed E-state index contributed by atoms with van der Waals surface area (Å²) in [7, 11) is 3.11. The molecule has 1 fully saturated rings. The number of carbonyl (C=O) groups excluding carboxylic acids is 2. The van der Waals surface area contributed by atoms with Gasteiger partial charge in [-0.05, 0) is 42.0 Å². The molecule has 1 amide bonds. The molecule has 1 heterocycles. The Bertz CT molecular complexity index is 660. The minimum Gasteiger partial charge on any atom is -0.493 e. The van der Waals surface area contributed by atoms with E-state index in [0.717, 1.165) is 25.1 Å². The van der Waals surface area contributed by atoms with Crippen LogP contribution in [0.4, 0.5) is 0 Å². The largest absolute Gasteiger partial charge is 0.493 e. The van der Waals surface area contributed by atoms with Crippen LogP contribution < -0.4 is 9.47 Å². The number of hydrogen-bond acceptors (Lipinski definition) is 5. The van der Waals surface area contributed by atoms with Gasteiger partial charge in [-0.1, -0.05) is 19.9 Å². The van der Waals surface area contributed by atoms with Gasteiger partial charge in [0.25, 0.3) is 5.91 Å². The van der Waals surface area contributed by atoms with Crippen LogP contribution in [-0.2, 0) is 14.3 Å². The van der Waals surface area contributed by atoms with Gasteiger partial charge in [-0.3, -0.25) is 4.79 Å². The van der Waals surface area contributed by atoms with Crippen molar-refractivity contribution in [1.29, 1.82) is 0 Å². The molecule has 0 bridgehead atoms. The van der Waals surface area contributed by atoms with Gasteiger partial charge in [0.2, 0.25) is 0 Å². The van der Waals surface area contributed by atoms with Gasteiger partial charge in [-0.2, -0.15) is 0 Å². The van der Waals surface area contributed by atoms with E-state index in [9.17, 15) is 9.59 Å². The molecule has 6 heteroatoms. The number of nitrogens with zero attached hydrogens (tertiary/aromatic N) is 1. The quantitative estimate of drug-likeness (QED) is 0.576. The normalized spacial score (nSPS) is 20.1. The summed E-state index contributed by atoms with van der Waals surface area (Å²) < 4.78 is 15.5. The standard InChI is InChI=1S/C20H27NO5/c1-14-9-15(2)12-21(11-14)19(22)13-26-20(23)8-6-16-5-7-17(24-3)18(10-16)25-4/h5-8,10,14-15H,9,11-13H2,1-4H3/b8-6+/t14-,15+. The van der Waals surface area contributed by atoms with Crippen LogP contribution in [0.25, 0.3) is 6.08 Å². The number of amides is 1. The second-order valence-electron chi connectivity index (χ2n) is 6.80. The van der Waals surface area contributed by atoms with E-state index in [-0.39, 0.29) is 12.5 Å². The molecule has 1 aliphatic heterocycles. The number of methoxy groups -OCH3 is 2. The van der Waals surface area contributed by atoms with Crippen molar-refractivity contribution in [2.75, 3.05) is 33.9 Å². The van der Waals surface area contributed by atoms with Gasteiger partial charge in [-0.25, -0.2) is 4.79 Å². The summed E-state index contributed by atoms with van der Waals surface area (Å²) in [5.41, 5.74) is 0.768. The lowest BCUT2D eigenvalue weighted by Gasteiger charge is -2.34. The molecular weight excluding hydrogens is 334 g/mol. The molecular formula is C20H27NO5. The maximum atomic E-state index is 12.2. The topological polar surface area (TPSA) is 65.1 Å². The summed E-state index contributed by atoms with van der Waals surface area (Å²) in [6.07, 6.45) is 4.04. The Morgan fingerprint density at radius 1 is 1.12 bits per heavy atom. The van der Waals surface area contributed by atoms with Crippen LogP contribution in [-0.4, -0.2) is 50.7 Å². The first-order valence-electron chi connectivity index (χ1n) is 8.77. The molecule has 2 atom stereocenters. The summed E-state index contributed by atoms with van der Waals surface area (Å²) in [4.78, 5) is 25.9. The molecule has 0 aromatic heterocycles. The van der Waals surface area contributed by atoms with Crippen LogP contribution in [0.2, 0.25) is 0 Å². The van der Waals surface area contributed by atoms with Crippen molar-refractivity contribution in [3.63, 3.8) is 0 Å². The zero-order valence-corrected chi connectivity index (χ0v) is 15.9. The fraction of sp³-hybridized carbons (Fsp3) is 0.500. The van der Waals surface area contributed by atoms with Crippen LogP contribution >= 0.6 is 0 Å². The molecule has 1 aromatic rings. The third kappa shape index (κ3) is 5.51. The van der Waals surface area contributed by atoms with E-state index in [1.54, 1.807) is 43.4 Å². The van der Waals surface area contributed by atoms with Crippen molar-refractivity contribution in [1.82, 2.24) is 4.90 Å². The van der Waals surface area contributed by atoms with Gasteiger partial charge >= 0.3 is 5.97 Å². The molecule has 6 nitrogen and oxygen atoms in total. The molecule has 0 N–H and O–H groups in total. The first-order chi connectivity index (χ1) is 12.4. The predicted octanol–water partition coefficient (Wildman–Crippen LogP) is 2.76. The fourth-order valence-electron chi connectivity index (χ4n) is 3.26. The van der Waals surface area contributed by atoms with Gasteiger partial charge in [-0.15, -0.1) is 0 Å². The highest BCUT2D eigenvalue weighted by Gasteiger charge is 2.25. The van der Waals surface area contributed by atoms with Crippen molar-refractivity contribution in [2.24, 2.45) is 11.8 Å². The van der Waals surface area contributed by atoms with Gasteiger partial charge in [0.15, 0.2) is 18.1 Å². The van der Waals surface area contributed by atoms with Gasteiger partial charge in [0.1, 0.15) is 0 Å². The smallest absolute Gasteiger partial charge is 0.331 e. The molecule has 1 aromatic carbocycles. The SMILES string of the molecule is COc1ccc(/C=C/C(=O)OCC(=O)N2C[C@H](C)C[C@H](C)C2)cc1OC. The second kappa shape index (κ2) is 9.27. The zero-order chi connectivity index (χ0) is 19.1. The number of rotatable bonds is 6. The highest BCUT2D eigenvalue weighted by atomic mass is 16.5. The van der Waals surface area contributed by atoms with Crippen molar-refractivity contribution < 1.29 is 23.8 Å². The van der Waals surface area contributed by atoms with E-state index in [2.05, 4.69) is 13.8 Å². The van der Waals surface area contributed by atoms with Crippen LogP contribution in [0.1, 0.15) is 25.8 Å². The van der Waals surface area contributed by atoms with E-state index >= 15 is 0 Å². The summed E-state index contributed by atoms with van der Waals surface area (Å²) >= 11 is 0. The molecule has 142 valence electrons. The molecule has 0 aliphatic carbocycles. The summed E-state index contributed by atoms with van der Waals surface area (Å²) in [5.74, 6) is 1.45. The van der Waals surface area contributed by atoms with Crippen LogP contribution in [0.15, 0.2) is 24.3 Å². The maximum Gasteiger partial charge on any atom is 0.331 e. The first-order valence-corrected chi connectivity index (χ1v) is 8.77. The lowest BCUT2D eigenvalue weighted by Crippen LogP contribution is -2.44. The van der Waals surface area contributed by atoms with Gasteiger partial charge in [0.05, 0.1) is 14.2 Å². The molecule has 0 radical (unpaired) electrons. The first kappa shape index (κ1) is 19.8. The van der Waals surface area contributed by atoms with E-state index in [1.165, 1.54) is 6.08 Å². The molecule has 26 heavy (non-hydrogen) atoms. The monoisotopic (exact) mass is 361 g/mol. The molecule has 0 saturated carbocycles. The number of ether oxygens (including phenoxy) is 3. The molecule has 0 unspecified atom stereocenters. The summed E-state index contributed by atoms with van der Waals surface area (Å²) in [6, 6.07) is 5.31. The number of esters is 1. The van der Waals surface area contributed by atoms with E-state index in [4.69, 9.17) is 14.2 Å². The predicted molar refractivity (Wildman–Crippen MR) is 99.1 cm³/mol. The zero-order valence-electron chi connectivity index (χ0n) is 15.9.